The van der Waals surface area contributed by atoms with Gasteiger partial charge in [-0.1, -0.05) is 0 Å². The van der Waals surface area contributed by atoms with E-state index in [1.807, 2.05) is 6.92 Å². The van der Waals surface area contributed by atoms with Crippen LogP contribution in [0.4, 0.5) is 0 Å². The summed E-state index contributed by atoms with van der Waals surface area (Å²) in [6, 6.07) is -0.160. The number of hydrogen-bond acceptors (Lipinski definition) is 5. The third kappa shape index (κ3) is 12.3. The monoisotopic (exact) mass is 290 g/mol. The molecule has 0 spiro atoms. The Morgan fingerprint density at radius 2 is 1.70 bits per heavy atom. The lowest BCUT2D eigenvalue weighted by Crippen LogP contribution is -2.43. The molecule has 0 saturated heterocycles. The fraction of sp³-hybridized carbons (Fsp3) is 0.929. The van der Waals surface area contributed by atoms with Gasteiger partial charge in [0.2, 0.25) is 5.91 Å². The van der Waals surface area contributed by atoms with Crippen molar-refractivity contribution in [1.29, 1.82) is 0 Å². The molecule has 2 N–H and O–H groups in total. The second-order valence-electron chi connectivity index (χ2n) is 4.63. The molecular formula is C14H30N2O4. The molecule has 6 heteroatoms. The van der Waals surface area contributed by atoms with Crippen LogP contribution >= 0.6 is 0 Å². The normalized spacial score (nSPS) is 12.3. The van der Waals surface area contributed by atoms with Gasteiger partial charge in [-0.05, 0) is 32.7 Å². The van der Waals surface area contributed by atoms with E-state index in [4.69, 9.17) is 14.2 Å². The van der Waals surface area contributed by atoms with Crippen LogP contribution in [0.1, 0.15) is 26.2 Å². The quantitative estimate of drug-likeness (QED) is 0.458. The van der Waals surface area contributed by atoms with Crippen molar-refractivity contribution >= 4 is 5.91 Å². The molecule has 20 heavy (non-hydrogen) atoms. The van der Waals surface area contributed by atoms with Gasteiger partial charge in [-0.25, -0.2) is 0 Å². The van der Waals surface area contributed by atoms with Gasteiger partial charge in [-0.2, -0.15) is 0 Å². The number of hydrogen-bond donors (Lipinski definition) is 2. The summed E-state index contributed by atoms with van der Waals surface area (Å²) in [5, 5.41) is 6.07. The van der Waals surface area contributed by atoms with Crippen molar-refractivity contribution in [2.24, 2.45) is 0 Å². The maximum absolute atomic E-state index is 11.7. The zero-order valence-electron chi connectivity index (χ0n) is 13.1. The van der Waals surface area contributed by atoms with Crippen LogP contribution in [0.25, 0.3) is 0 Å². The van der Waals surface area contributed by atoms with E-state index in [1.54, 1.807) is 14.2 Å². The van der Waals surface area contributed by atoms with Gasteiger partial charge in [-0.3, -0.25) is 4.79 Å². The van der Waals surface area contributed by atoms with Crippen LogP contribution in [0.3, 0.4) is 0 Å². The van der Waals surface area contributed by atoms with E-state index in [9.17, 15) is 4.79 Å². The van der Waals surface area contributed by atoms with Crippen molar-refractivity contribution in [1.82, 2.24) is 10.6 Å². The topological polar surface area (TPSA) is 68.8 Å². The van der Waals surface area contributed by atoms with Gasteiger partial charge in [-0.15, -0.1) is 0 Å². The Labute approximate surface area is 122 Å². The zero-order valence-corrected chi connectivity index (χ0v) is 13.1. The van der Waals surface area contributed by atoms with Crippen LogP contribution in [0.2, 0.25) is 0 Å². The molecule has 0 fully saturated rings. The zero-order chi connectivity index (χ0) is 15.1. The maximum Gasteiger partial charge on any atom is 0.236 e. The summed E-state index contributed by atoms with van der Waals surface area (Å²) >= 11 is 0. The fourth-order valence-electron chi connectivity index (χ4n) is 1.57. The standard InChI is InChI=1S/C14H30N2O4/c1-13(14(17)16-8-6-9-18-2)15-7-4-5-10-20-12-11-19-3/h13,15H,4-12H2,1-3H3,(H,16,17). The first-order chi connectivity index (χ1) is 9.72. The second kappa shape index (κ2) is 14.7. The van der Waals surface area contributed by atoms with Crippen LogP contribution in [0, 0.1) is 0 Å². The number of unbranched alkanes of at least 4 members (excludes halogenated alkanes) is 1. The number of ether oxygens (including phenoxy) is 3. The van der Waals surface area contributed by atoms with E-state index >= 15 is 0 Å². The molecule has 0 aliphatic rings. The number of methoxy groups -OCH3 is 2. The summed E-state index contributed by atoms with van der Waals surface area (Å²) in [5.74, 6) is 0.0393. The summed E-state index contributed by atoms with van der Waals surface area (Å²) in [7, 11) is 3.32. The highest BCUT2D eigenvalue weighted by Crippen LogP contribution is 1.91. The van der Waals surface area contributed by atoms with E-state index in [0.717, 1.165) is 32.4 Å². The van der Waals surface area contributed by atoms with Crippen molar-refractivity contribution in [2.75, 3.05) is 53.7 Å². The lowest BCUT2D eigenvalue weighted by molar-refractivity contribution is -0.122. The van der Waals surface area contributed by atoms with Gasteiger partial charge < -0.3 is 24.8 Å². The molecule has 0 aromatic carbocycles. The molecule has 0 aliphatic carbocycles. The van der Waals surface area contributed by atoms with E-state index in [-0.39, 0.29) is 11.9 Å². The minimum absolute atomic E-state index is 0.0393. The van der Waals surface area contributed by atoms with Gasteiger partial charge in [0, 0.05) is 34.0 Å². The number of amides is 1. The molecule has 0 aliphatic heterocycles. The van der Waals surface area contributed by atoms with Crippen molar-refractivity contribution in [3.05, 3.63) is 0 Å². The van der Waals surface area contributed by atoms with Crippen molar-refractivity contribution in [2.45, 2.75) is 32.2 Å². The highest BCUT2D eigenvalue weighted by molar-refractivity contribution is 5.81. The van der Waals surface area contributed by atoms with Crippen LogP contribution in [0.15, 0.2) is 0 Å². The number of nitrogens with one attached hydrogen (secondary N) is 2. The highest BCUT2D eigenvalue weighted by Gasteiger charge is 2.10. The molecule has 0 aromatic heterocycles. The molecule has 0 heterocycles. The molecule has 0 bridgehead atoms. The first kappa shape index (κ1) is 19.3. The third-order valence-electron chi connectivity index (χ3n) is 2.82. The highest BCUT2D eigenvalue weighted by atomic mass is 16.5. The smallest absolute Gasteiger partial charge is 0.236 e. The Bertz CT molecular complexity index is 227. The molecule has 1 unspecified atom stereocenters. The number of carbonyl (C=O) groups is 1. The Morgan fingerprint density at radius 3 is 2.40 bits per heavy atom. The molecule has 120 valence electrons. The largest absolute Gasteiger partial charge is 0.385 e. The predicted octanol–water partition coefficient (Wildman–Crippen LogP) is 0.560. The van der Waals surface area contributed by atoms with Crippen molar-refractivity contribution in [3.63, 3.8) is 0 Å². The summed E-state index contributed by atoms with van der Waals surface area (Å²) in [5.41, 5.74) is 0. The molecule has 1 atom stereocenters. The average molecular weight is 290 g/mol. The molecule has 0 saturated carbocycles. The molecular weight excluding hydrogens is 260 g/mol. The summed E-state index contributed by atoms with van der Waals surface area (Å²) in [6.45, 7) is 6.05. The summed E-state index contributed by atoms with van der Waals surface area (Å²) in [4.78, 5) is 11.7. The van der Waals surface area contributed by atoms with Crippen molar-refractivity contribution < 1.29 is 19.0 Å². The van der Waals surface area contributed by atoms with Gasteiger partial charge in [0.1, 0.15) is 0 Å². The van der Waals surface area contributed by atoms with Crippen LogP contribution < -0.4 is 10.6 Å². The van der Waals surface area contributed by atoms with E-state index in [0.29, 0.717) is 26.4 Å². The third-order valence-corrected chi connectivity index (χ3v) is 2.82. The lowest BCUT2D eigenvalue weighted by atomic mass is 10.2. The van der Waals surface area contributed by atoms with E-state index in [1.165, 1.54) is 0 Å². The minimum Gasteiger partial charge on any atom is -0.385 e. The minimum atomic E-state index is -0.160. The van der Waals surface area contributed by atoms with Crippen LogP contribution in [0.5, 0.6) is 0 Å². The maximum atomic E-state index is 11.7. The van der Waals surface area contributed by atoms with Gasteiger partial charge in [0.25, 0.3) is 0 Å². The molecule has 0 rings (SSSR count). The van der Waals surface area contributed by atoms with Gasteiger partial charge in [0.15, 0.2) is 0 Å². The summed E-state index contributed by atoms with van der Waals surface area (Å²) in [6.07, 6.45) is 2.82. The average Bonchev–Trinajstić information content (AvgIpc) is 2.46. The first-order valence-electron chi connectivity index (χ1n) is 7.29. The molecule has 1 amide bonds. The number of rotatable bonds is 14. The summed E-state index contributed by atoms with van der Waals surface area (Å²) < 4.78 is 15.2. The molecule has 0 aromatic rings. The Hall–Kier alpha value is -0.690. The lowest BCUT2D eigenvalue weighted by Gasteiger charge is -2.14. The Kier molecular flexibility index (Phi) is 14.2. The fourth-order valence-corrected chi connectivity index (χ4v) is 1.57. The number of carbonyl (C=O) groups excluding carboxylic acids is 1. The second-order valence-corrected chi connectivity index (χ2v) is 4.63. The first-order valence-corrected chi connectivity index (χ1v) is 7.29. The predicted molar refractivity (Wildman–Crippen MR) is 78.9 cm³/mol. The molecule has 6 nitrogen and oxygen atoms in total. The van der Waals surface area contributed by atoms with Crippen LogP contribution in [-0.4, -0.2) is 65.7 Å². The molecule has 0 radical (unpaired) electrons. The SMILES string of the molecule is COCCCNC(=O)C(C)NCCCCOCCOC. The van der Waals surface area contributed by atoms with Gasteiger partial charge >= 0.3 is 0 Å². The van der Waals surface area contributed by atoms with E-state index in [2.05, 4.69) is 10.6 Å². The Morgan fingerprint density at radius 1 is 0.950 bits per heavy atom. The van der Waals surface area contributed by atoms with E-state index < -0.39 is 0 Å². The van der Waals surface area contributed by atoms with Crippen LogP contribution in [-0.2, 0) is 19.0 Å². The van der Waals surface area contributed by atoms with Crippen molar-refractivity contribution in [3.8, 4) is 0 Å². The Balaban J connectivity index is 3.34. The van der Waals surface area contributed by atoms with Gasteiger partial charge in [0.05, 0.1) is 19.3 Å².